The van der Waals surface area contributed by atoms with Crippen LogP contribution >= 0.6 is 0 Å². The molecule has 1 atom stereocenters. The van der Waals surface area contributed by atoms with E-state index in [1.807, 2.05) is 0 Å². The highest BCUT2D eigenvalue weighted by atomic mass is 19.1. The van der Waals surface area contributed by atoms with Crippen LogP contribution in [0.4, 0.5) is 8.78 Å². The molecule has 0 aliphatic carbocycles. The first-order chi connectivity index (χ1) is 12.8. The Kier molecular flexibility index (Phi) is 6.87. The summed E-state index contributed by atoms with van der Waals surface area (Å²) in [7, 11) is 1.35. The van der Waals surface area contributed by atoms with E-state index in [9.17, 15) is 18.4 Å². The van der Waals surface area contributed by atoms with Crippen LogP contribution in [-0.2, 0) is 16.1 Å². The van der Waals surface area contributed by atoms with E-state index in [0.717, 1.165) is 6.07 Å². The predicted molar refractivity (Wildman–Crippen MR) is 95.2 cm³/mol. The SMILES string of the molecule is COc1ccc(COC(=O)[C@@H](NC(=O)c2ccccc2F)C(C)C)cc1F. The molecule has 0 heterocycles. The standard InChI is InChI=1S/C20H21F2NO4/c1-12(2)18(23-19(24)14-6-4-5-7-15(14)21)20(25)27-11-13-8-9-17(26-3)16(22)10-13/h4-10,12,18H,11H2,1-3H3,(H,23,24)/t18-/m0/s1. The van der Waals surface area contributed by atoms with Crippen molar-refractivity contribution in [3.05, 3.63) is 65.2 Å². The fourth-order valence-electron chi connectivity index (χ4n) is 2.41. The minimum Gasteiger partial charge on any atom is -0.494 e. The molecule has 1 N–H and O–H groups in total. The van der Waals surface area contributed by atoms with E-state index in [4.69, 9.17) is 9.47 Å². The second kappa shape index (κ2) is 9.12. The van der Waals surface area contributed by atoms with Crippen molar-refractivity contribution < 1.29 is 27.8 Å². The topological polar surface area (TPSA) is 64.6 Å². The molecule has 144 valence electrons. The first kappa shape index (κ1) is 20.4. The summed E-state index contributed by atoms with van der Waals surface area (Å²) in [5, 5.41) is 2.49. The fraction of sp³-hybridized carbons (Fsp3) is 0.300. The van der Waals surface area contributed by atoms with Crippen molar-refractivity contribution >= 4 is 11.9 Å². The quantitative estimate of drug-likeness (QED) is 0.751. The number of amides is 1. The van der Waals surface area contributed by atoms with Crippen molar-refractivity contribution in [3.8, 4) is 5.75 Å². The largest absolute Gasteiger partial charge is 0.494 e. The van der Waals surface area contributed by atoms with E-state index in [1.54, 1.807) is 19.9 Å². The average molecular weight is 377 g/mol. The summed E-state index contributed by atoms with van der Waals surface area (Å²) in [6.07, 6.45) is 0. The number of ether oxygens (including phenoxy) is 2. The molecule has 0 bridgehead atoms. The molecule has 0 unspecified atom stereocenters. The van der Waals surface area contributed by atoms with Crippen LogP contribution < -0.4 is 10.1 Å². The Morgan fingerprint density at radius 3 is 2.37 bits per heavy atom. The molecule has 0 saturated carbocycles. The number of benzene rings is 2. The van der Waals surface area contributed by atoms with Gasteiger partial charge in [-0.3, -0.25) is 4.79 Å². The van der Waals surface area contributed by atoms with Gasteiger partial charge in [0.1, 0.15) is 18.5 Å². The van der Waals surface area contributed by atoms with E-state index < -0.39 is 29.6 Å². The molecule has 2 rings (SSSR count). The van der Waals surface area contributed by atoms with Gasteiger partial charge in [0, 0.05) is 0 Å². The number of hydrogen-bond acceptors (Lipinski definition) is 4. The second-order valence-corrected chi connectivity index (χ2v) is 6.25. The number of nitrogens with one attached hydrogen (secondary N) is 1. The van der Waals surface area contributed by atoms with Gasteiger partial charge in [-0.2, -0.15) is 0 Å². The summed E-state index contributed by atoms with van der Waals surface area (Å²) in [5.74, 6) is -2.85. The van der Waals surface area contributed by atoms with E-state index >= 15 is 0 Å². The normalized spacial score (nSPS) is 11.8. The van der Waals surface area contributed by atoms with Gasteiger partial charge in [0.25, 0.3) is 5.91 Å². The third-order valence-corrected chi connectivity index (χ3v) is 3.92. The van der Waals surface area contributed by atoms with Gasteiger partial charge in [-0.25, -0.2) is 13.6 Å². The van der Waals surface area contributed by atoms with E-state index in [2.05, 4.69) is 5.32 Å². The molecule has 0 saturated heterocycles. The molecule has 1 amide bonds. The van der Waals surface area contributed by atoms with Gasteiger partial charge in [-0.15, -0.1) is 0 Å². The summed E-state index contributed by atoms with van der Waals surface area (Å²) in [6, 6.07) is 8.71. The lowest BCUT2D eigenvalue weighted by Gasteiger charge is -2.21. The zero-order valence-electron chi connectivity index (χ0n) is 15.3. The van der Waals surface area contributed by atoms with Crippen molar-refractivity contribution in [1.29, 1.82) is 0 Å². The number of esters is 1. The zero-order chi connectivity index (χ0) is 20.0. The number of hydrogen-bond donors (Lipinski definition) is 1. The molecular formula is C20H21F2NO4. The van der Waals surface area contributed by atoms with Crippen molar-refractivity contribution in [2.75, 3.05) is 7.11 Å². The smallest absolute Gasteiger partial charge is 0.329 e. The van der Waals surface area contributed by atoms with Crippen molar-refractivity contribution in [2.24, 2.45) is 5.92 Å². The lowest BCUT2D eigenvalue weighted by atomic mass is 10.0. The predicted octanol–water partition coefficient (Wildman–Crippen LogP) is 3.47. The molecule has 5 nitrogen and oxygen atoms in total. The van der Waals surface area contributed by atoms with Crippen LogP contribution in [0.25, 0.3) is 0 Å². The number of carbonyl (C=O) groups excluding carboxylic acids is 2. The minimum atomic E-state index is -0.972. The lowest BCUT2D eigenvalue weighted by molar-refractivity contribution is -0.148. The van der Waals surface area contributed by atoms with Crippen LogP contribution in [0.3, 0.4) is 0 Å². The molecule has 0 fully saturated rings. The van der Waals surface area contributed by atoms with Crippen molar-refractivity contribution in [1.82, 2.24) is 5.32 Å². The van der Waals surface area contributed by atoms with Crippen molar-refractivity contribution in [2.45, 2.75) is 26.5 Å². The number of halogens is 2. The first-order valence-electron chi connectivity index (χ1n) is 8.38. The van der Waals surface area contributed by atoms with Gasteiger partial charge in [-0.1, -0.05) is 32.0 Å². The third-order valence-electron chi connectivity index (χ3n) is 3.92. The zero-order valence-corrected chi connectivity index (χ0v) is 15.3. The molecule has 0 aromatic heterocycles. The lowest BCUT2D eigenvalue weighted by Crippen LogP contribution is -2.45. The Hall–Kier alpha value is -2.96. The molecule has 7 heteroatoms. The van der Waals surface area contributed by atoms with E-state index in [-0.39, 0.29) is 23.8 Å². The van der Waals surface area contributed by atoms with E-state index in [0.29, 0.717) is 5.56 Å². The molecule has 0 aliphatic heterocycles. The Bertz CT molecular complexity index is 823. The van der Waals surface area contributed by atoms with Crippen LogP contribution in [0.5, 0.6) is 5.75 Å². The number of carbonyl (C=O) groups is 2. The molecule has 27 heavy (non-hydrogen) atoms. The van der Waals surface area contributed by atoms with Crippen LogP contribution in [0, 0.1) is 17.6 Å². The Balaban J connectivity index is 2.03. The van der Waals surface area contributed by atoms with Gasteiger partial charge in [-0.05, 0) is 35.7 Å². The van der Waals surface area contributed by atoms with Crippen LogP contribution in [0.15, 0.2) is 42.5 Å². The van der Waals surface area contributed by atoms with Crippen molar-refractivity contribution in [3.63, 3.8) is 0 Å². The maximum atomic E-state index is 13.7. The summed E-state index contributed by atoms with van der Waals surface area (Å²) in [6.45, 7) is 3.28. The van der Waals surface area contributed by atoms with Gasteiger partial charge in [0.05, 0.1) is 12.7 Å². The molecule has 0 spiro atoms. The summed E-state index contributed by atoms with van der Waals surface area (Å²) in [4.78, 5) is 24.6. The summed E-state index contributed by atoms with van der Waals surface area (Å²) >= 11 is 0. The molecule has 0 radical (unpaired) electrons. The summed E-state index contributed by atoms with van der Waals surface area (Å²) in [5.41, 5.74) is 0.276. The van der Waals surface area contributed by atoms with E-state index in [1.165, 1.54) is 37.4 Å². The molecule has 0 aliphatic rings. The average Bonchev–Trinajstić information content (AvgIpc) is 2.64. The highest BCUT2D eigenvalue weighted by molar-refractivity contribution is 5.97. The fourth-order valence-corrected chi connectivity index (χ4v) is 2.41. The van der Waals surface area contributed by atoms with Gasteiger partial charge in [0.15, 0.2) is 11.6 Å². The van der Waals surface area contributed by atoms with Crippen LogP contribution in [0.2, 0.25) is 0 Å². The van der Waals surface area contributed by atoms with Gasteiger partial charge < -0.3 is 14.8 Å². The highest BCUT2D eigenvalue weighted by Crippen LogP contribution is 2.18. The maximum absolute atomic E-state index is 13.7. The third kappa shape index (κ3) is 5.26. The number of rotatable bonds is 7. The Morgan fingerprint density at radius 2 is 1.78 bits per heavy atom. The maximum Gasteiger partial charge on any atom is 0.329 e. The Labute approximate surface area is 156 Å². The highest BCUT2D eigenvalue weighted by Gasteiger charge is 2.27. The molecule has 2 aromatic rings. The van der Waals surface area contributed by atoms with Crippen LogP contribution in [0.1, 0.15) is 29.8 Å². The van der Waals surface area contributed by atoms with Gasteiger partial charge >= 0.3 is 5.97 Å². The second-order valence-electron chi connectivity index (χ2n) is 6.25. The number of methoxy groups -OCH3 is 1. The van der Waals surface area contributed by atoms with Crippen LogP contribution in [-0.4, -0.2) is 25.0 Å². The molecule has 2 aromatic carbocycles. The molecular weight excluding hydrogens is 356 g/mol. The summed E-state index contributed by atoms with van der Waals surface area (Å²) < 4.78 is 37.5. The monoisotopic (exact) mass is 377 g/mol. The first-order valence-corrected chi connectivity index (χ1v) is 8.38. The minimum absolute atomic E-state index is 0.0854. The van der Waals surface area contributed by atoms with Gasteiger partial charge in [0.2, 0.25) is 0 Å². The Morgan fingerprint density at radius 1 is 1.07 bits per heavy atom.